The van der Waals surface area contributed by atoms with Crippen molar-refractivity contribution in [2.24, 2.45) is 0 Å². The summed E-state index contributed by atoms with van der Waals surface area (Å²) in [5.41, 5.74) is 1.72. The maximum atomic E-state index is 12.6. The third kappa shape index (κ3) is 5.79. The number of amides is 1. The van der Waals surface area contributed by atoms with Crippen LogP contribution in [0.15, 0.2) is 54.6 Å². The van der Waals surface area contributed by atoms with E-state index >= 15 is 0 Å². The van der Waals surface area contributed by atoms with E-state index in [-0.39, 0.29) is 16.7 Å². The second-order valence-corrected chi connectivity index (χ2v) is 7.29. The van der Waals surface area contributed by atoms with E-state index in [2.05, 4.69) is 5.32 Å². The van der Waals surface area contributed by atoms with E-state index in [1.807, 2.05) is 6.07 Å². The maximum Gasteiger partial charge on any atom is 0.327 e. The smallest absolute Gasteiger partial charge is 0.327 e. The van der Waals surface area contributed by atoms with Crippen molar-refractivity contribution >= 4 is 34.5 Å². The molecule has 2 aromatic carbocycles. The van der Waals surface area contributed by atoms with Gasteiger partial charge in [-0.3, -0.25) is 14.4 Å². The van der Waals surface area contributed by atoms with Crippen molar-refractivity contribution in [3.63, 3.8) is 0 Å². The lowest BCUT2D eigenvalue weighted by molar-refractivity contribution is -0.140. The van der Waals surface area contributed by atoms with Crippen molar-refractivity contribution in [2.75, 3.05) is 5.75 Å². The number of ketones is 1. The highest BCUT2D eigenvalue weighted by molar-refractivity contribution is 8.13. The number of hydrogen-bond acceptors (Lipinski definition) is 5. The largest absolute Gasteiger partial charge is 0.480 e. The van der Waals surface area contributed by atoms with Crippen LogP contribution < -0.4 is 5.32 Å². The Morgan fingerprint density at radius 2 is 1.64 bits per heavy atom. The molecule has 0 aliphatic rings. The lowest BCUT2D eigenvalue weighted by Crippen LogP contribution is -2.41. The van der Waals surface area contributed by atoms with Crippen molar-refractivity contribution in [1.29, 1.82) is 0 Å². The number of aliphatic carboxylic acids is 1. The number of rotatable bonds is 8. The Morgan fingerprint density at radius 1 is 1.00 bits per heavy atom. The summed E-state index contributed by atoms with van der Waals surface area (Å²) in [5.74, 6) is -2.40. The summed E-state index contributed by atoms with van der Waals surface area (Å²) in [6, 6.07) is 14.6. The highest BCUT2D eigenvalue weighted by Gasteiger charge is 2.23. The Hall–Kier alpha value is -2.93. The quantitative estimate of drug-likeness (QED) is 0.662. The normalized spacial score (nSPS) is 12.6. The first-order valence-corrected chi connectivity index (χ1v) is 9.64. The lowest BCUT2D eigenvalue weighted by Gasteiger charge is -2.15. The monoisotopic (exact) mass is 399 g/mol. The van der Waals surface area contributed by atoms with Crippen LogP contribution >= 0.6 is 11.8 Å². The van der Waals surface area contributed by atoms with Crippen LogP contribution in [0, 0.1) is 0 Å². The third-order valence-corrected chi connectivity index (χ3v) is 5.24. The fourth-order valence-corrected chi connectivity index (χ4v) is 3.49. The first-order valence-electron chi connectivity index (χ1n) is 8.66. The number of thioether (sulfide) groups is 1. The summed E-state index contributed by atoms with van der Waals surface area (Å²) in [7, 11) is 0. The van der Waals surface area contributed by atoms with Gasteiger partial charge in [0.2, 0.25) is 5.91 Å². The van der Waals surface area contributed by atoms with E-state index in [0.717, 1.165) is 11.8 Å². The van der Waals surface area contributed by atoms with E-state index in [1.54, 1.807) is 55.5 Å². The summed E-state index contributed by atoms with van der Waals surface area (Å²) in [4.78, 5) is 47.3. The molecule has 28 heavy (non-hydrogen) atoms. The number of benzene rings is 2. The van der Waals surface area contributed by atoms with E-state index < -0.39 is 23.8 Å². The van der Waals surface area contributed by atoms with Gasteiger partial charge in [0.05, 0.1) is 5.92 Å². The van der Waals surface area contributed by atoms with Crippen molar-refractivity contribution in [2.45, 2.75) is 25.8 Å². The zero-order valence-corrected chi connectivity index (χ0v) is 16.4. The molecule has 146 valence electrons. The second kappa shape index (κ2) is 9.85. The molecule has 0 unspecified atom stereocenters. The van der Waals surface area contributed by atoms with E-state index in [1.165, 1.54) is 6.92 Å². The Morgan fingerprint density at radius 3 is 2.25 bits per heavy atom. The molecule has 0 bridgehead atoms. The average molecular weight is 399 g/mol. The third-order valence-electron chi connectivity index (χ3n) is 4.11. The molecule has 0 saturated carbocycles. The zero-order valence-electron chi connectivity index (χ0n) is 15.5. The molecule has 7 heteroatoms. The molecule has 6 nitrogen and oxygen atoms in total. The first kappa shape index (κ1) is 21.4. The molecule has 1 amide bonds. The van der Waals surface area contributed by atoms with Crippen LogP contribution in [0.3, 0.4) is 0 Å². The van der Waals surface area contributed by atoms with E-state index in [0.29, 0.717) is 16.7 Å². The predicted molar refractivity (Wildman–Crippen MR) is 107 cm³/mol. The van der Waals surface area contributed by atoms with Crippen LogP contribution in [0.25, 0.3) is 0 Å². The molecule has 0 heterocycles. The summed E-state index contributed by atoms with van der Waals surface area (Å²) >= 11 is 0.849. The molecule has 2 rings (SSSR count). The fraction of sp³-hybridized carbons (Fsp3) is 0.238. The van der Waals surface area contributed by atoms with Gasteiger partial charge in [0.25, 0.3) is 0 Å². The predicted octanol–water partition coefficient (Wildman–Crippen LogP) is 2.87. The first-order chi connectivity index (χ1) is 13.3. The van der Waals surface area contributed by atoms with Crippen LogP contribution in [0.1, 0.15) is 41.3 Å². The molecule has 2 N–H and O–H groups in total. The van der Waals surface area contributed by atoms with Gasteiger partial charge in [-0.2, -0.15) is 0 Å². The van der Waals surface area contributed by atoms with Crippen LogP contribution in [0.5, 0.6) is 0 Å². The molecule has 0 aliphatic carbocycles. The van der Waals surface area contributed by atoms with Crippen LogP contribution in [0.2, 0.25) is 0 Å². The second-order valence-electron chi connectivity index (χ2n) is 6.26. The Balaban J connectivity index is 2.08. The van der Waals surface area contributed by atoms with Gasteiger partial charge in [-0.15, -0.1) is 0 Å². The highest BCUT2D eigenvalue weighted by Crippen LogP contribution is 2.24. The fourth-order valence-electron chi connectivity index (χ4n) is 2.55. The average Bonchev–Trinajstić information content (AvgIpc) is 2.70. The Kier molecular flexibility index (Phi) is 7.52. The number of carboxylic acids is 1. The van der Waals surface area contributed by atoms with Gasteiger partial charge in [-0.1, -0.05) is 67.2 Å². The standard InChI is InChI=1S/C21H21NO5S/c1-13(21(27)28-12-18(20(25)26)22-14(2)23)16-9-6-10-17(11-16)19(24)15-7-4-3-5-8-15/h3-11,13,18H,12H2,1-2H3,(H,22,23)(H,25,26)/t13-,18-/m0/s1. The van der Waals surface area contributed by atoms with Crippen molar-refractivity contribution in [3.8, 4) is 0 Å². The molecule has 2 aromatic rings. The van der Waals surface area contributed by atoms with Crippen LogP contribution in [-0.4, -0.2) is 39.7 Å². The van der Waals surface area contributed by atoms with Gasteiger partial charge in [0.1, 0.15) is 6.04 Å². The van der Waals surface area contributed by atoms with Crippen LogP contribution in [-0.2, 0) is 14.4 Å². The molecular weight excluding hydrogens is 378 g/mol. The number of carbonyl (C=O) groups excluding carboxylic acids is 3. The number of carbonyl (C=O) groups is 4. The summed E-state index contributed by atoms with van der Waals surface area (Å²) < 4.78 is 0. The van der Waals surface area contributed by atoms with Gasteiger partial charge in [-0.25, -0.2) is 4.79 Å². The van der Waals surface area contributed by atoms with E-state index in [9.17, 15) is 19.2 Å². The number of carboxylic acid groups (broad SMARTS) is 1. The van der Waals surface area contributed by atoms with Gasteiger partial charge in [-0.05, 0) is 11.6 Å². The van der Waals surface area contributed by atoms with Gasteiger partial charge < -0.3 is 10.4 Å². The zero-order chi connectivity index (χ0) is 20.7. The van der Waals surface area contributed by atoms with Gasteiger partial charge in [0.15, 0.2) is 10.9 Å². The van der Waals surface area contributed by atoms with Crippen molar-refractivity contribution in [3.05, 3.63) is 71.3 Å². The molecule has 2 atom stereocenters. The summed E-state index contributed by atoms with van der Waals surface area (Å²) in [6.07, 6.45) is 0. The summed E-state index contributed by atoms with van der Waals surface area (Å²) in [6.45, 7) is 2.93. The van der Waals surface area contributed by atoms with Gasteiger partial charge >= 0.3 is 5.97 Å². The molecular formula is C21H21NO5S. The molecule has 0 fully saturated rings. The Labute approximate surface area is 167 Å². The molecule has 0 spiro atoms. The Bertz CT molecular complexity index is 881. The van der Waals surface area contributed by atoms with Crippen LogP contribution in [0.4, 0.5) is 0 Å². The maximum absolute atomic E-state index is 12.6. The minimum Gasteiger partial charge on any atom is -0.480 e. The van der Waals surface area contributed by atoms with Gasteiger partial charge in [0, 0.05) is 23.8 Å². The topological polar surface area (TPSA) is 101 Å². The minimum absolute atomic E-state index is 0.0687. The van der Waals surface area contributed by atoms with E-state index in [4.69, 9.17) is 5.11 Å². The number of hydrogen-bond donors (Lipinski definition) is 2. The molecule has 0 aromatic heterocycles. The lowest BCUT2D eigenvalue weighted by atomic mass is 9.96. The molecule has 0 radical (unpaired) electrons. The van der Waals surface area contributed by atoms with Crippen molar-refractivity contribution in [1.82, 2.24) is 5.32 Å². The molecule has 0 saturated heterocycles. The minimum atomic E-state index is -1.20. The van der Waals surface area contributed by atoms with Crippen molar-refractivity contribution < 1.29 is 24.3 Å². The molecule has 0 aliphatic heterocycles. The number of nitrogens with one attached hydrogen (secondary N) is 1. The SMILES string of the molecule is CC(=O)N[C@@H](CSC(=O)[C@@H](C)c1cccc(C(=O)c2ccccc2)c1)C(=O)O. The highest BCUT2D eigenvalue weighted by atomic mass is 32.2. The summed E-state index contributed by atoms with van der Waals surface area (Å²) in [5, 5.41) is 11.2.